The highest BCUT2D eigenvalue weighted by Gasteiger charge is 2.12. The van der Waals surface area contributed by atoms with Crippen molar-refractivity contribution in [3.05, 3.63) is 11.8 Å². The third-order valence-electron chi connectivity index (χ3n) is 1.72. The van der Waals surface area contributed by atoms with Crippen LogP contribution in [0.4, 0.5) is 5.82 Å². The van der Waals surface area contributed by atoms with E-state index in [0.717, 1.165) is 6.42 Å². The van der Waals surface area contributed by atoms with Crippen LogP contribution in [0.3, 0.4) is 0 Å². The van der Waals surface area contributed by atoms with Gasteiger partial charge in [0.05, 0.1) is 6.20 Å². The average Bonchev–Trinajstić information content (AvgIpc) is 2.61. The fourth-order valence-electron chi connectivity index (χ4n) is 0.961. The summed E-state index contributed by atoms with van der Waals surface area (Å²) in [6.07, 6.45) is 2.21. The van der Waals surface area contributed by atoms with Crippen LogP contribution in [0.25, 0.3) is 0 Å². The third-order valence-corrected chi connectivity index (χ3v) is 2.77. The van der Waals surface area contributed by atoms with Gasteiger partial charge in [-0.3, -0.25) is 9.82 Å². The zero-order valence-electron chi connectivity index (χ0n) is 8.45. The molecule has 0 bridgehead atoms. The van der Waals surface area contributed by atoms with Gasteiger partial charge in [0.2, 0.25) is 0 Å². The topological polar surface area (TPSA) is 113 Å². The highest BCUT2D eigenvalue weighted by molar-refractivity contribution is 7.90. The molecule has 0 fully saturated rings. The lowest BCUT2D eigenvalue weighted by molar-refractivity contribution is 0.586. The van der Waals surface area contributed by atoms with Crippen molar-refractivity contribution in [2.75, 3.05) is 11.3 Å². The molecule has 1 aromatic rings. The number of H-pyrrole nitrogens is 1. The molecule has 0 amide bonds. The molecule has 7 nitrogen and oxygen atoms in total. The number of hydrogen-bond donors (Lipinski definition) is 4. The molecule has 0 atom stereocenters. The summed E-state index contributed by atoms with van der Waals surface area (Å²) in [7, 11) is -3.53. The lowest BCUT2D eigenvalue weighted by atomic mass is 10.3. The third kappa shape index (κ3) is 3.50. The second kappa shape index (κ2) is 5.10. The predicted octanol–water partition coefficient (Wildman–Crippen LogP) is -0.475. The summed E-state index contributed by atoms with van der Waals surface area (Å²) < 4.78 is 27.5. The molecule has 0 aromatic carbocycles. The first kappa shape index (κ1) is 12.0. The van der Waals surface area contributed by atoms with Crippen molar-refractivity contribution in [2.24, 2.45) is 5.73 Å². The number of rotatable bonds is 6. The summed E-state index contributed by atoms with van der Waals surface area (Å²) in [5, 5.41) is 6.23. The van der Waals surface area contributed by atoms with Gasteiger partial charge in [-0.25, -0.2) is 0 Å². The molecular formula is C7H15N5O2S. The van der Waals surface area contributed by atoms with Crippen LogP contribution < -0.4 is 15.2 Å². The van der Waals surface area contributed by atoms with Crippen LogP contribution in [0.15, 0.2) is 6.20 Å². The van der Waals surface area contributed by atoms with Gasteiger partial charge < -0.3 is 5.73 Å². The zero-order valence-corrected chi connectivity index (χ0v) is 9.26. The summed E-state index contributed by atoms with van der Waals surface area (Å²) >= 11 is 0. The first-order valence-electron chi connectivity index (χ1n) is 4.58. The molecule has 1 rings (SSSR count). The molecule has 0 radical (unpaired) electrons. The normalized spacial score (nSPS) is 11.6. The van der Waals surface area contributed by atoms with Crippen LogP contribution in [-0.4, -0.2) is 25.2 Å². The van der Waals surface area contributed by atoms with Gasteiger partial charge in [-0.1, -0.05) is 6.92 Å². The minimum atomic E-state index is -3.53. The zero-order chi connectivity index (χ0) is 11.3. The molecule has 0 saturated carbocycles. The molecule has 1 aromatic heterocycles. The Morgan fingerprint density at radius 1 is 1.60 bits per heavy atom. The van der Waals surface area contributed by atoms with Gasteiger partial charge in [-0.15, -0.1) is 0 Å². The Labute approximate surface area is 88.6 Å². The van der Waals surface area contributed by atoms with Crippen molar-refractivity contribution in [3.63, 3.8) is 0 Å². The summed E-state index contributed by atoms with van der Waals surface area (Å²) in [4.78, 5) is 0. The monoisotopic (exact) mass is 233 g/mol. The van der Waals surface area contributed by atoms with Crippen molar-refractivity contribution in [2.45, 2.75) is 19.9 Å². The number of nitrogens with one attached hydrogen (secondary N) is 3. The second-order valence-electron chi connectivity index (χ2n) is 2.97. The van der Waals surface area contributed by atoms with Crippen molar-refractivity contribution in [1.29, 1.82) is 0 Å². The van der Waals surface area contributed by atoms with Crippen molar-refractivity contribution >= 4 is 16.0 Å². The highest BCUT2D eigenvalue weighted by atomic mass is 32.2. The van der Waals surface area contributed by atoms with Gasteiger partial charge >= 0.3 is 0 Å². The lowest BCUT2D eigenvalue weighted by Crippen LogP contribution is -2.31. The Morgan fingerprint density at radius 3 is 2.93 bits per heavy atom. The number of aromatic nitrogens is 2. The van der Waals surface area contributed by atoms with Crippen LogP contribution in [0, 0.1) is 0 Å². The van der Waals surface area contributed by atoms with E-state index in [4.69, 9.17) is 5.73 Å². The highest BCUT2D eigenvalue weighted by Crippen LogP contribution is 2.10. The van der Waals surface area contributed by atoms with E-state index in [2.05, 4.69) is 19.6 Å². The molecule has 0 aliphatic rings. The molecule has 0 unspecified atom stereocenters. The standard InChI is InChI=1S/C7H15N5O2S/c1-2-3-10-15(13,14)12-7-6(4-8)5-9-11-7/h5,10H,2-4,8H2,1H3,(H2,9,11,12). The van der Waals surface area contributed by atoms with Gasteiger partial charge in [0.15, 0.2) is 0 Å². The van der Waals surface area contributed by atoms with Crippen molar-refractivity contribution in [3.8, 4) is 0 Å². The van der Waals surface area contributed by atoms with Gasteiger partial charge in [0.25, 0.3) is 10.2 Å². The van der Waals surface area contributed by atoms with E-state index >= 15 is 0 Å². The number of anilines is 1. The fraction of sp³-hybridized carbons (Fsp3) is 0.571. The van der Waals surface area contributed by atoms with Crippen LogP contribution in [0.5, 0.6) is 0 Å². The molecule has 5 N–H and O–H groups in total. The molecule has 0 aliphatic heterocycles. The second-order valence-corrected chi connectivity index (χ2v) is 4.47. The lowest BCUT2D eigenvalue weighted by Gasteiger charge is -2.07. The van der Waals surface area contributed by atoms with E-state index in [1.165, 1.54) is 6.20 Å². The van der Waals surface area contributed by atoms with Crippen LogP contribution in [-0.2, 0) is 16.8 Å². The predicted molar refractivity (Wildman–Crippen MR) is 57.3 cm³/mol. The fourth-order valence-corrected chi connectivity index (χ4v) is 1.95. The van der Waals surface area contributed by atoms with E-state index in [0.29, 0.717) is 17.9 Å². The average molecular weight is 233 g/mol. The number of nitrogens with zero attached hydrogens (tertiary/aromatic N) is 1. The first-order valence-corrected chi connectivity index (χ1v) is 6.07. The SMILES string of the molecule is CCCNS(=O)(=O)Nc1[nH]ncc1CN. The van der Waals surface area contributed by atoms with Gasteiger partial charge in [0.1, 0.15) is 5.82 Å². The Bertz CT molecular complexity index is 399. The van der Waals surface area contributed by atoms with Crippen molar-refractivity contribution < 1.29 is 8.42 Å². The maximum atomic E-state index is 11.4. The summed E-state index contributed by atoms with van der Waals surface area (Å²) in [6.45, 7) is 2.49. The van der Waals surface area contributed by atoms with E-state index < -0.39 is 10.2 Å². The molecule has 86 valence electrons. The largest absolute Gasteiger partial charge is 0.326 e. The van der Waals surface area contributed by atoms with Crippen molar-refractivity contribution in [1.82, 2.24) is 14.9 Å². The summed E-state index contributed by atoms with van der Waals surface area (Å²) in [5.74, 6) is 0.307. The summed E-state index contributed by atoms with van der Waals surface area (Å²) in [5.41, 5.74) is 6.02. The maximum Gasteiger partial charge on any atom is 0.300 e. The molecule has 0 spiro atoms. The van der Waals surface area contributed by atoms with Crippen LogP contribution in [0.2, 0.25) is 0 Å². The number of nitrogens with two attached hydrogens (primary N) is 1. The molecule has 1 heterocycles. The first-order chi connectivity index (χ1) is 7.09. The molecule has 0 saturated heterocycles. The van der Waals surface area contributed by atoms with E-state index in [1.807, 2.05) is 6.92 Å². The van der Waals surface area contributed by atoms with E-state index in [1.54, 1.807) is 0 Å². The molecule has 15 heavy (non-hydrogen) atoms. The van der Waals surface area contributed by atoms with E-state index in [-0.39, 0.29) is 6.54 Å². The van der Waals surface area contributed by atoms with Gasteiger partial charge in [0, 0.05) is 18.7 Å². The minimum absolute atomic E-state index is 0.224. The molecule has 0 aliphatic carbocycles. The quantitative estimate of drug-likeness (QED) is 0.531. The van der Waals surface area contributed by atoms with Gasteiger partial charge in [-0.05, 0) is 6.42 Å². The molecule has 8 heteroatoms. The van der Waals surface area contributed by atoms with Gasteiger partial charge in [-0.2, -0.15) is 18.2 Å². The molecular weight excluding hydrogens is 218 g/mol. The Hall–Kier alpha value is -1.12. The Balaban J connectivity index is 2.68. The Kier molecular flexibility index (Phi) is 4.06. The van der Waals surface area contributed by atoms with E-state index in [9.17, 15) is 8.42 Å². The minimum Gasteiger partial charge on any atom is -0.326 e. The van der Waals surface area contributed by atoms with Crippen LogP contribution >= 0.6 is 0 Å². The number of aromatic amines is 1. The Morgan fingerprint density at radius 2 is 2.33 bits per heavy atom. The maximum absolute atomic E-state index is 11.4. The van der Waals surface area contributed by atoms with Crippen LogP contribution in [0.1, 0.15) is 18.9 Å². The number of hydrogen-bond acceptors (Lipinski definition) is 4. The smallest absolute Gasteiger partial charge is 0.300 e. The summed E-state index contributed by atoms with van der Waals surface area (Å²) in [6, 6.07) is 0.